The number of Topliss-reactive ketones (excluding diaryl/α,β-unsaturated/α-hetero) is 1. The van der Waals surface area contributed by atoms with E-state index in [1.807, 2.05) is 0 Å². The standard InChI is InChI=1S/C12H8ClN3O2/c13-9-2-1-3-10-8(9)5-14-12(15-10)16-6-7(17)4-11(16)18/h1-3,5H,4,6H2. The molecule has 90 valence electrons. The van der Waals surface area contributed by atoms with Crippen LogP contribution in [0.25, 0.3) is 10.9 Å². The van der Waals surface area contributed by atoms with E-state index in [2.05, 4.69) is 9.97 Å². The first-order valence-electron chi connectivity index (χ1n) is 5.38. The molecule has 0 N–H and O–H groups in total. The van der Waals surface area contributed by atoms with Gasteiger partial charge in [-0.2, -0.15) is 0 Å². The summed E-state index contributed by atoms with van der Waals surface area (Å²) in [6.07, 6.45) is 1.49. The zero-order valence-electron chi connectivity index (χ0n) is 9.26. The quantitative estimate of drug-likeness (QED) is 0.732. The lowest BCUT2D eigenvalue weighted by Crippen LogP contribution is -2.26. The Hall–Kier alpha value is -2.01. The number of benzene rings is 1. The maximum Gasteiger partial charge on any atom is 0.237 e. The van der Waals surface area contributed by atoms with E-state index in [-0.39, 0.29) is 30.6 Å². The molecule has 1 amide bonds. The molecule has 1 aliphatic heterocycles. The van der Waals surface area contributed by atoms with Gasteiger partial charge in [-0.3, -0.25) is 14.5 Å². The number of carbonyl (C=O) groups is 2. The predicted octanol–water partition coefficient (Wildman–Crippen LogP) is 1.59. The number of hydrogen-bond acceptors (Lipinski definition) is 4. The minimum absolute atomic E-state index is 0.0465. The Labute approximate surface area is 107 Å². The third-order valence-corrected chi connectivity index (χ3v) is 3.11. The lowest BCUT2D eigenvalue weighted by atomic mass is 10.2. The van der Waals surface area contributed by atoms with Crippen LogP contribution >= 0.6 is 11.6 Å². The van der Waals surface area contributed by atoms with E-state index in [1.54, 1.807) is 24.4 Å². The fraction of sp³-hybridized carbons (Fsp3) is 0.167. The average molecular weight is 262 g/mol. The van der Waals surface area contributed by atoms with Crippen LogP contribution in [0, 0.1) is 0 Å². The Morgan fingerprint density at radius 2 is 2.11 bits per heavy atom. The molecule has 0 spiro atoms. The Morgan fingerprint density at radius 3 is 2.83 bits per heavy atom. The summed E-state index contributed by atoms with van der Waals surface area (Å²) in [6.45, 7) is 0.0465. The molecular weight excluding hydrogens is 254 g/mol. The summed E-state index contributed by atoms with van der Waals surface area (Å²) in [4.78, 5) is 32.4. The van der Waals surface area contributed by atoms with Crippen molar-refractivity contribution in [1.29, 1.82) is 0 Å². The highest BCUT2D eigenvalue weighted by Crippen LogP contribution is 2.23. The molecule has 1 aromatic carbocycles. The summed E-state index contributed by atoms with van der Waals surface area (Å²) >= 11 is 6.01. The van der Waals surface area contributed by atoms with Gasteiger partial charge in [-0.15, -0.1) is 0 Å². The number of ketones is 1. The summed E-state index contributed by atoms with van der Waals surface area (Å²) in [5.74, 6) is -0.128. The maximum atomic E-state index is 11.6. The highest BCUT2D eigenvalue weighted by Gasteiger charge is 2.30. The van der Waals surface area contributed by atoms with Crippen LogP contribution in [0.5, 0.6) is 0 Å². The number of amides is 1. The fourth-order valence-electron chi connectivity index (χ4n) is 1.91. The van der Waals surface area contributed by atoms with Crippen LogP contribution in [-0.4, -0.2) is 28.2 Å². The highest BCUT2D eigenvalue weighted by atomic mass is 35.5. The second-order valence-electron chi connectivity index (χ2n) is 4.04. The molecule has 18 heavy (non-hydrogen) atoms. The molecule has 1 aromatic heterocycles. The largest absolute Gasteiger partial charge is 0.297 e. The van der Waals surface area contributed by atoms with E-state index in [9.17, 15) is 9.59 Å². The Morgan fingerprint density at radius 1 is 1.28 bits per heavy atom. The van der Waals surface area contributed by atoms with Crippen LogP contribution in [0.2, 0.25) is 5.02 Å². The Bertz CT molecular complexity index is 671. The van der Waals surface area contributed by atoms with Crippen molar-refractivity contribution in [2.75, 3.05) is 11.4 Å². The molecule has 2 aromatic rings. The lowest BCUT2D eigenvalue weighted by molar-refractivity contribution is -0.121. The average Bonchev–Trinajstić information content (AvgIpc) is 2.68. The lowest BCUT2D eigenvalue weighted by Gasteiger charge is -2.12. The van der Waals surface area contributed by atoms with Crippen LogP contribution in [0.15, 0.2) is 24.4 Å². The molecule has 1 fully saturated rings. The Balaban J connectivity index is 2.09. The van der Waals surface area contributed by atoms with Crippen LogP contribution < -0.4 is 4.90 Å². The van der Waals surface area contributed by atoms with Crippen molar-refractivity contribution in [1.82, 2.24) is 9.97 Å². The van der Waals surface area contributed by atoms with Crippen LogP contribution in [0.1, 0.15) is 6.42 Å². The molecule has 0 radical (unpaired) electrons. The van der Waals surface area contributed by atoms with Gasteiger partial charge in [-0.1, -0.05) is 17.7 Å². The second kappa shape index (κ2) is 4.03. The first-order chi connectivity index (χ1) is 8.65. The first kappa shape index (κ1) is 11.1. The number of anilines is 1. The van der Waals surface area contributed by atoms with Gasteiger partial charge in [0.05, 0.1) is 23.5 Å². The van der Waals surface area contributed by atoms with Crippen molar-refractivity contribution in [2.24, 2.45) is 0 Å². The molecule has 1 saturated heterocycles. The predicted molar refractivity (Wildman–Crippen MR) is 66.5 cm³/mol. The summed E-state index contributed by atoms with van der Waals surface area (Å²) < 4.78 is 0. The van der Waals surface area contributed by atoms with E-state index < -0.39 is 0 Å². The van der Waals surface area contributed by atoms with Gasteiger partial charge in [0.2, 0.25) is 11.9 Å². The monoisotopic (exact) mass is 261 g/mol. The summed E-state index contributed by atoms with van der Waals surface area (Å²) in [6, 6.07) is 5.31. The van der Waals surface area contributed by atoms with Crippen molar-refractivity contribution in [3.63, 3.8) is 0 Å². The molecule has 2 heterocycles. The van der Waals surface area contributed by atoms with E-state index in [4.69, 9.17) is 11.6 Å². The molecule has 0 saturated carbocycles. The third-order valence-electron chi connectivity index (χ3n) is 2.78. The Kier molecular flexibility index (Phi) is 2.48. The van der Waals surface area contributed by atoms with Crippen molar-refractivity contribution in [2.45, 2.75) is 6.42 Å². The van der Waals surface area contributed by atoms with Gasteiger partial charge in [0.15, 0.2) is 5.78 Å². The topological polar surface area (TPSA) is 63.2 Å². The molecule has 0 unspecified atom stereocenters. The minimum atomic E-state index is -0.263. The minimum Gasteiger partial charge on any atom is -0.297 e. The van der Waals surface area contributed by atoms with Crippen molar-refractivity contribution >= 4 is 40.1 Å². The zero-order chi connectivity index (χ0) is 12.7. The van der Waals surface area contributed by atoms with E-state index >= 15 is 0 Å². The van der Waals surface area contributed by atoms with Crippen molar-refractivity contribution in [3.8, 4) is 0 Å². The summed E-state index contributed by atoms with van der Waals surface area (Å²) in [5, 5.41) is 1.28. The van der Waals surface area contributed by atoms with Gasteiger partial charge in [0, 0.05) is 11.6 Å². The number of hydrogen-bond donors (Lipinski definition) is 0. The summed E-state index contributed by atoms with van der Waals surface area (Å²) in [7, 11) is 0. The third kappa shape index (κ3) is 1.73. The maximum absolute atomic E-state index is 11.6. The SMILES string of the molecule is O=C1CC(=O)N(c2ncc3c(Cl)cccc3n2)C1. The van der Waals surface area contributed by atoms with Gasteiger partial charge in [0.25, 0.3) is 0 Å². The number of fused-ring (bicyclic) bond motifs is 1. The van der Waals surface area contributed by atoms with Gasteiger partial charge >= 0.3 is 0 Å². The summed E-state index contributed by atoms with van der Waals surface area (Å²) in [5.41, 5.74) is 0.652. The van der Waals surface area contributed by atoms with Crippen LogP contribution in [0.3, 0.4) is 0 Å². The number of aromatic nitrogens is 2. The molecule has 3 rings (SSSR count). The van der Waals surface area contributed by atoms with Crippen molar-refractivity contribution < 1.29 is 9.59 Å². The highest BCUT2D eigenvalue weighted by molar-refractivity contribution is 6.35. The van der Waals surface area contributed by atoms with Gasteiger partial charge < -0.3 is 0 Å². The van der Waals surface area contributed by atoms with Gasteiger partial charge in [-0.05, 0) is 12.1 Å². The molecular formula is C12H8ClN3O2. The molecule has 0 aliphatic carbocycles. The molecule has 6 heteroatoms. The first-order valence-corrected chi connectivity index (χ1v) is 5.76. The van der Waals surface area contributed by atoms with E-state index in [1.165, 1.54) is 4.90 Å². The normalized spacial score (nSPS) is 15.7. The number of halogens is 1. The number of nitrogens with zero attached hydrogens (tertiary/aromatic N) is 3. The van der Waals surface area contributed by atoms with Crippen molar-refractivity contribution in [3.05, 3.63) is 29.4 Å². The van der Waals surface area contributed by atoms with Crippen LogP contribution in [0.4, 0.5) is 5.95 Å². The smallest absolute Gasteiger partial charge is 0.237 e. The number of carbonyl (C=O) groups excluding carboxylic acids is 2. The van der Waals surface area contributed by atoms with Crippen LogP contribution in [-0.2, 0) is 9.59 Å². The molecule has 0 bridgehead atoms. The van der Waals surface area contributed by atoms with E-state index in [0.29, 0.717) is 10.5 Å². The fourth-order valence-corrected chi connectivity index (χ4v) is 2.13. The second-order valence-corrected chi connectivity index (χ2v) is 4.45. The van der Waals surface area contributed by atoms with E-state index in [0.717, 1.165) is 5.39 Å². The van der Waals surface area contributed by atoms with Gasteiger partial charge in [0.1, 0.15) is 0 Å². The molecule has 5 nitrogen and oxygen atoms in total. The molecule has 1 aliphatic rings. The van der Waals surface area contributed by atoms with Gasteiger partial charge in [-0.25, -0.2) is 9.97 Å². The zero-order valence-corrected chi connectivity index (χ0v) is 10.0. The molecule has 0 atom stereocenters. The number of rotatable bonds is 1.